The van der Waals surface area contributed by atoms with Crippen LogP contribution in [-0.2, 0) is 4.74 Å². The fourth-order valence-electron chi connectivity index (χ4n) is 3.87. The largest absolute Gasteiger partial charge is 0.496 e. The van der Waals surface area contributed by atoms with Crippen molar-refractivity contribution in [1.29, 1.82) is 0 Å². The smallest absolute Gasteiger partial charge is 0.151 e. The fraction of sp³-hybridized carbons (Fsp3) is 0.429. The lowest BCUT2D eigenvalue weighted by Gasteiger charge is -2.42. The second-order valence-corrected chi connectivity index (χ2v) is 7.12. The molecular formula is C21H25N3O2. The van der Waals surface area contributed by atoms with Crippen LogP contribution in [0.5, 0.6) is 5.75 Å². The first-order valence-electron chi connectivity index (χ1n) is 9.23. The van der Waals surface area contributed by atoms with E-state index in [1.165, 1.54) is 5.57 Å². The molecule has 1 fully saturated rings. The first-order chi connectivity index (χ1) is 12.7. The predicted molar refractivity (Wildman–Crippen MR) is 103 cm³/mol. The van der Waals surface area contributed by atoms with Crippen molar-refractivity contribution in [3.63, 3.8) is 0 Å². The molecule has 5 heteroatoms. The normalized spacial score (nSPS) is 19.3. The Kier molecular flexibility index (Phi) is 4.64. The van der Waals surface area contributed by atoms with Gasteiger partial charge in [-0.2, -0.15) is 0 Å². The molecule has 1 spiro atoms. The second kappa shape index (κ2) is 7.08. The number of hydrogen-bond donors (Lipinski definition) is 0. The van der Waals surface area contributed by atoms with Crippen LogP contribution in [0.4, 0.5) is 5.82 Å². The number of para-hydroxylation sites is 1. The molecule has 2 aromatic rings. The van der Waals surface area contributed by atoms with Crippen molar-refractivity contribution in [2.24, 2.45) is 0 Å². The minimum absolute atomic E-state index is 0.0659. The van der Waals surface area contributed by atoms with Crippen LogP contribution >= 0.6 is 0 Å². The van der Waals surface area contributed by atoms with Crippen LogP contribution in [0.1, 0.15) is 26.2 Å². The maximum absolute atomic E-state index is 6.11. The molecule has 136 valence electrons. The lowest BCUT2D eigenvalue weighted by Crippen LogP contribution is -2.46. The Hall–Kier alpha value is -2.40. The maximum Gasteiger partial charge on any atom is 0.151 e. The molecule has 1 aromatic heterocycles. The number of benzene rings is 1. The third-order valence-electron chi connectivity index (χ3n) is 5.36. The minimum Gasteiger partial charge on any atom is -0.496 e. The molecule has 2 aliphatic heterocycles. The van der Waals surface area contributed by atoms with E-state index < -0.39 is 0 Å². The molecule has 0 saturated carbocycles. The number of anilines is 1. The summed E-state index contributed by atoms with van der Waals surface area (Å²) in [5, 5.41) is 8.90. The monoisotopic (exact) mass is 351 g/mol. The number of ether oxygens (including phenoxy) is 2. The first-order valence-corrected chi connectivity index (χ1v) is 9.23. The van der Waals surface area contributed by atoms with E-state index in [0.29, 0.717) is 0 Å². The average Bonchev–Trinajstić information content (AvgIpc) is 2.69. The highest BCUT2D eigenvalue weighted by atomic mass is 16.5. The van der Waals surface area contributed by atoms with Gasteiger partial charge >= 0.3 is 0 Å². The molecule has 0 bridgehead atoms. The summed E-state index contributed by atoms with van der Waals surface area (Å²) in [5.41, 5.74) is 3.17. The summed E-state index contributed by atoms with van der Waals surface area (Å²) in [6.07, 6.45) is 5.40. The van der Waals surface area contributed by atoms with Crippen LogP contribution in [0, 0.1) is 0 Å². The van der Waals surface area contributed by atoms with Gasteiger partial charge in [-0.3, -0.25) is 0 Å². The van der Waals surface area contributed by atoms with E-state index in [1.807, 2.05) is 30.3 Å². The summed E-state index contributed by atoms with van der Waals surface area (Å²) < 4.78 is 11.5. The Balaban J connectivity index is 1.48. The Morgan fingerprint density at radius 1 is 1.08 bits per heavy atom. The zero-order valence-electron chi connectivity index (χ0n) is 15.4. The molecule has 3 heterocycles. The number of nitrogens with zero attached hydrogens (tertiary/aromatic N) is 3. The van der Waals surface area contributed by atoms with Gasteiger partial charge in [0.1, 0.15) is 5.75 Å². The SMILES string of the molecule is COc1ccccc1-c1ccc(N2CCC3(C=C(C)CCO3)CC2)nn1. The Bertz CT molecular complexity index is 793. The molecule has 0 atom stereocenters. The maximum atomic E-state index is 6.11. The van der Waals surface area contributed by atoms with Gasteiger partial charge in [-0.1, -0.05) is 23.8 Å². The molecule has 1 saturated heterocycles. The number of methoxy groups -OCH3 is 1. The molecule has 26 heavy (non-hydrogen) atoms. The van der Waals surface area contributed by atoms with Crippen LogP contribution in [0.3, 0.4) is 0 Å². The number of aromatic nitrogens is 2. The third kappa shape index (κ3) is 3.31. The molecule has 5 nitrogen and oxygen atoms in total. The van der Waals surface area contributed by atoms with Crippen LogP contribution in [0.2, 0.25) is 0 Å². The van der Waals surface area contributed by atoms with E-state index >= 15 is 0 Å². The third-order valence-corrected chi connectivity index (χ3v) is 5.36. The van der Waals surface area contributed by atoms with Crippen molar-refractivity contribution >= 4 is 5.82 Å². The van der Waals surface area contributed by atoms with Crippen molar-refractivity contribution < 1.29 is 9.47 Å². The summed E-state index contributed by atoms with van der Waals surface area (Å²) in [5.74, 6) is 1.74. The average molecular weight is 351 g/mol. The highest BCUT2D eigenvalue weighted by Crippen LogP contribution is 2.34. The highest BCUT2D eigenvalue weighted by Gasteiger charge is 2.35. The van der Waals surface area contributed by atoms with Crippen molar-refractivity contribution in [3.05, 3.63) is 48.0 Å². The number of hydrogen-bond acceptors (Lipinski definition) is 5. The van der Waals surface area contributed by atoms with Gasteiger partial charge in [-0.25, -0.2) is 0 Å². The highest BCUT2D eigenvalue weighted by molar-refractivity contribution is 5.67. The zero-order valence-corrected chi connectivity index (χ0v) is 15.4. The van der Waals surface area contributed by atoms with Crippen molar-refractivity contribution in [3.8, 4) is 17.0 Å². The summed E-state index contributed by atoms with van der Waals surface area (Å²) in [7, 11) is 1.67. The Labute approximate surface area is 154 Å². The van der Waals surface area contributed by atoms with E-state index in [2.05, 4.69) is 34.2 Å². The first kappa shape index (κ1) is 17.0. The summed E-state index contributed by atoms with van der Waals surface area (Å²) in [4.78, 5) is 2.30. The van der Waals surface area contributed by atoms with E-state index in [9.17, 15) is 0 Å². The van der Waals surface area contributed by atoms with Crippen LogP contribution in [-0.4, -0.2) is 42.6 Å². The van der Waals surface area contributed by atoms with Crippen molar-refractivity contribution in [2.75, 3.05) is 31.7 Å². The van der Waals surface area contributed by atoms with E-state index in [1.54, 1.807) is 7.11 Å². The van der Waals surface area contributed by atoms with Gasteiger partial charge in [0.05, 0.1) is 25.0 Å². The van der Waals surface area contributed by atoms with Crippen LogP contribution in [0.25, 0.3) is 11.3 Å². The molecule has 0 N–H and O–H groups in total. The van der Waals surface area contributed by atoms with Crippen molar-refractivity contribution in [1.82, 2.24) is 10.2 Å². The second-order valence-electron chi connectivity index (χ2n) is 7.12. The number of piperidine rings is 1. The van der Waals surface area contributed by atoms with Gasteiger partial charge in [0.25, 0.3) is 0 Å². The molecule has 0 amide bonds. The van der Waals surface area contributed by atoms with Gasteiger partial charge in [0.15, 0.2) is 5.82 Å². The van der Waals surface area contributed by atoms with Crippen LogP contribution < -0.4 is 9.64 Å². The van der Waals surface area contributed by atoms with E-state index in [0.717, 1.165) is 61.8 Å². The standard InChI is InChI=1S/C21H25N3O2/c1-16-9-14-26-21(15-16)10-12-24(13-11-21)20-8-7-18(22-23-20)17-5-3-4-6-19(17)25-2/h3-8,15H,9-14H2,1-2H3. The summed E-state index contributed by atoms with van der Waals surface area (Å²) in [6.45, 7) is 4.92. The van der Waals surface area contributed by atoms with Gasteiger partial charge in [0.2, 0.25) is 0 Å². The quantitative estimate of drug-likeness (QED) is 0.786. The van der Waals surface area contributed by atoms with Gasteiger partial charge in [-0.15, -0.1) is 10.2 Å². The molecule has 2 aliphatic rings. The molecule has 0 unspecified atom stereocenters. The van der Waals surface area contributed by atoms with Gasteiger partial charge in [0, 0.05) is 18.7 Å². The molecule has 0 aliphatic carbocycles. The molecule has 1 aromatic carbocycles. The predicted octanol–water partition coefficient (Wildman–Crippen LogP) is 3.86. The van der Waals surface area contributed by atoms with Crippen molar-refractivity contribution in [2.45, 2.75) is 31.8 Å². The van der Waals surface area contributed by atoms with Crippen LogP contribution in [0.15, 0.2) is 48.0 Å². The fourth-order valence-corrected chi connectivity index (χ4v) is 3.87. The lowest BCUT2D eigenvalue weighted by atomic mass is 9.87. The van der Waals surface area contributed by atoms with E-state index in [-0.39, 0.29) is 5.60 Å². The van der Waals surface area contributed by atoms with Gasteiger partial charge in [-0.05, 0) is 50.5 Å². The Morgan fingerprint density at radius 2 is 1.88 bits per heavy atom. The Morgan fingerprint density at radius 3 is 2.58 bits per heavy atom. The topological polar surface area (TPSA) is 47.5 Å². The minimum atomic E-state index is -0.0659. The number of rotatable bonds is 3. The van der Waals surface area contributed by atoms with E-state index in [4.69, 9.17) is 9.47 Å². The van der Waals surface area contributed by atoms with Gasteiger partial charge < -0.3 is 14.4 Å². The zero-order chi connectivity index (χ0) is 18.0. The summed E-state index contributed by atoms with van der Waals surface area (Å²) >= 11 is 0. The summed E-state index contributed by atoms with van der Waals surface area (Å²) in [6, 6.07) is 12.0. The molecular weight excluding hydrogens is 326 g/mol. The molecule has 4 rings (SSSR count). The molecule has 0 radical (unpaired) electrons. The lowest BCUT2D eigenvalue weighted by molar-refractivity contribution is -0.0326.